The number of fused-ring (bicyclic) bond motifs is 4. The Labute approximate surface area is 400 Å². The molecule has 21 heteroatoms. The molecular weight excluding hydrogens is 974 g/mol. The number of nitrogens with zero attached hydrogens (tertiary/aromatic N) is 10. The summed E-state index contributed by atoms with van der Waals surface area (Å²) in [5.74, 6) is -0.779. The van der Waals surface area contributed by atoms with Crippen LogP contribution in [0.15, 0.2) is 108 Å². The Morgan fingerprint density at radius 3 is 1.70 bits per heavy atom. The second-order valence-electron chi connectivity index (χ2n) is 16.1. The molecule has 14 nitrogen and oxygen atoms in total. The second kappa shape index (κ2) is 19.7. The molecule has 8 aromatic rings. The fourth-order valence-corrected chi connectivity index (χ4v) is 8.44. The summed E-state index contributed by atoms with van der Waals surface area (Å²) in [7, 11) is 2.79. The Bertz CT molecular complexity index is 3150. The van der Waals surface area contributed by atoms with Crippen molar-refractivity contribution in [1.82, 2.24) is 49.0 Å². The molecule has 0 saturated carbocycles. The number of benzene rings is 2. The van der Waals surface area contributed by atoms with Crippen LogP contribution in [0, 0.1) is 13.8 Å². The van der Waals surface area contributed by atoms with Gasteiger partial charge in [-0.1, -0.05) is 15.9 Å². The molecule has 8 heterocycles. The van der Waals surface area contributed by atoms with Crippen LogP contribution in [-0.2, 0) is 12.8 Å². The monoisotopic (exact) mass is 1020 g/mol. The van der Waals surface area contributed by atoms with Gasteiger partial charge in [-0.3, -0.25) is 14.0 Å². The SMILES string of the molecule is COc1cc(-c2cnc3cc(-c4ccc(C)nn4)ccn23)cc2c1C(=O)N(CC(F)(F)F)CC2.COc1cc(Br)cc2c1C(=O)N(CC(F)(F)F)CC2.Cc1ccc(-c2ccn3ccnc3c2)nn1.[HH]. The van der Waals surface area contributed by atoms with Crippen molar-refractivity contribution in [2.45, 2.75) is 39.0 Å². The van der Waals surface area contributed by atoms with Crippen molar-refractivity contribution in [1.29, 1.82) is 0 Å². The number of aryl methyl sites for hydroxylation is 2. The van der Waals surface area contributed by atoms with E-state index in [1.807, 2.05) is 95.8 Å². The summed E-state index contributed by atoms with van der Waals surface area (Å²) >= 11 is 3.28. The van der Waals surface area contributed by atoms with Crippen molar-refractivity contribution in [2.24, 2.45) is 0 Å². The number of carbonyl (C=O) groups excluding carboxylic acids is 2. The summed E-state index contributed by atoms with van der Waals surface area (Å²) in [5, 5.41) is 16.5. The Hall–Kier alpha value is -7.42. The van der Waals surface area contributed by atoms with Gasteiger partial charge in [-0.2, -0.15) is 46.7 Å². The lowest BCUT2D eigenvalue weighted by atomic mass is 9.94. The van der Waals surface area contributed by atoms with Crippen molar-refractivity contribution in [3.63, 3.8) is 0 Å². The molecule has 0 fully saturated rings. The van der Waals surface area contributed by atoms with E-state index in [1.165, 1.54) is 14.2 Å². The van der Waals surface area contributed by atoms with E-state index >= 15 is 0 Å². The molecule has 2 aromatic carbocycles. The quantitative estimate of drug-likeness (QED) is 0.142. The van der Waals surface area contributed by atoms with Crippen LogP contribution in [0.4, 0.5) is 26.3 Å². The maximum Gasteiger partial charge on any atom is 0.406 e. The molecule has 0 unspecified atom stereocenters. The van der Waals surface area contributed by atoms with E-state index in [1.54, 1.807) is 30.6 Å². The lowest BCUT2D eigenvalue weighted by Gasteiger charge is -2.30. The van der Waals surface area contributed by atoms with Gasteiger partial charge in [0.05, 0.1) is 60.0 Å². The van der Waals surface area contributed by atoms with Crippen LogP contribution in [0.5, 0.6) is 11.5 Å². The van der Waals surface area contributed by atoms with Crippen molar-refractivity contribution >= 4 is 39.0 Å². The van der Waals surface area contributed by atoms with Crippen LogP contribution in [0.2, 0.25) is 0 Å². The number of halogens is 7. The maximum atomic E-state index is 12.9. The first-order valence-electron chi connectivity index (χ1n) is 21.2. The molecule has 6 aromatic heterocycles. The highest BCUT2D eigenvalue weighted by Gasteiger charge is 2.38. The number of rotatable bonds is 7. The zero-order chi connectivity index (χ0) is 49.2. The average Bonchev–Trinajstić information content (AvgIpc) is 3.97. The second-order valence-corrected chi connectivity index (χ2v) is 17.0. The molecule has 69 heavy (non-hydrogen) atoms. The molecule has 2 amide bonds. The van der Waals surface area contributed by atoms with E-state index in [-0.39, 0.29) is 31.4 Å². The zero-order valence-electron chi connectivity index (χ0n) is 37.3. The zero-order valence-corrected chi connectivity index (χ0v) is 38.9. The third-order valence-electron chi connectivity index (χ3n) is 11.2. The van der Waals surface area contributed by atoms with Crippen molar-refractivity contribution in [3.8, 4) is 45.3 Å². The molecule has 2 aliphatic heterocycles. The average molecular weight is 1020 g/mol. The molecule has 358 valence electrons. The number of pyridine rings is 2. The van der Waals surface area contributed by atoms with Gasteiger partial charge in [-0.15, -0.1) is 0 Å². The highest BCUT2D eigenvalue weighted by Crippen LogP contribution is 2.36. The van der Waals surface area contributed by atoms with Gasteiger partial charge in [-0.25, -0.2) is 9.97 Å². The van der Waals surface area contributed by atoms with Gasteiger partial charge in [0, 0.05) is 60.5 Å². The summed E-state index contributed by atoms with van der Waals surface area (Å²) in [4.78, 5) is 35.3. The number of alkyl halides is 6. The molecule has 0 atom stereocenters. The number of methoxy groups -OCH3 is 2. The minimum atomic E-state index is -4.46. The summed E-state index contributed by atoms with van der Waals surface area (Å²) in [6.07, 6.45) is 1.08. The third kappa shape index (κ3) is 11.0. The normalized spacial score (nSPS) is 13.6. The standard InChI is InChI=1S/C24H20F3N5O2.C12H11BrF3NO2.C12H10N4.H2/c1-14-3-4-18(30-29-14)15-6-8-32-19(12-28-21(32)11-15)17-9-16-5-7-31(13-24(25,26)27)23(33)22(16)20(10-17)34-2;1-19-9-5-8(13)4-7-2-3-17(6-12(14,15)16)11(18)10(7)9;1-9-2-3-11(15-14-9)10-4-6-16-7-5-13-12(16)8-10;/h3-4,6,8-12H,5,7,13H2,1-2H3;4-5H,2-3,6H2,1H3;2-8H,1H3;1H. The first-order chi connectivity index (χ1) is 32.9. The topological polar surface area (TPSA) is 145 Å². The van der Waals surface area contributed by atoms with E-state index in [9.17, 15) is 35.9 Å². The highest BCUT2D eigenvalue weighted by atomic mass is 79.9. The molecule has 0 N–H and O–H groups in total. The number of hydrogen-bond donors (Lipinski definition) is 0. The van der Waals surface area contributed by atoms with Gasteiger partial charge in [0.2, 0.25) is 0 Å². The Morgan fingerprint density at radius 2 is 1.16 bits per heavy atom. The molecule has 10 rings (SSSR count). The fraction of sp³-hybridized carbons (Fsp3) is 0.250. The lowest BCUT2D eigenvalue weighted by Crippen LogP contribution is -2.43. The number of carbonyl (C=O) groups is 2. The summed E-state index contributed by atoms with van der Waals surface area (Å²) in [6.45, 7) is 1.34. The van der Waals surface area contributed by atoms with Gasteiger partial charge in [0.1, 0.15) is 35.9 Å². The van der Waals surface area contributed by atoms with Crippen molar-refractivity contribution < 1.29 is 46.8 Å². The van der Waals surface area contributed by atoms with Gasteiger partial charge >= 0.3 is 12.4 Å². The third-order valence-corrected chi connectivity index (χ3v) is 11.7. The molecule has 0 spiro atoms. The van der Waals surface area contributed by atoms with Crippen LogP contribution in [0.25, 0.3) is 45.1 Å². The molecular formula is C48H43BrF6N10O4. The first kappa shape index (κ1) is 48.1. The number of ether oxygens (including phenoxy) is 2. The van der Waals surface area contributed by atoms with E-state index < -0.39 is 37.3 Å². The predicted molar refractivity (Wildman–Crippen MR) is 248 cm³/mol. The molecule has 2 aliphatic rings. The van der Waals surface area contributed by atoms with Crippen molar-refractivity contribution in [3.05, 3.63) is 142 Å². The number of amides is 2. The molecule has 0 aliphatic carbocycles. The van der Waals surface area contributed by atoms with Crippen LogP contribution < -0.4 is 9.47 Å². The highest BCUT2D eigenvalue weighted by molar-refractivity contribution is 9.10. The fourth-order valence-electron chi connectivity index (χ4n) is 7.95. The van der Waals surface area contributed by atoms with Gasteiger partial charge < -0.3 is 23.7 Å². The summed E-state index contributed by atoms with van der Waals surface area (Å²) in [5.41, 5.74) is 10.1. The van der Waals surface area contributed by atoms with Gasteiger partial charge in [0.15, 0.2) is 0 Å². The van der Waals surface area contributed by atoms with Crippen LogP contribution in [0.3, 0.4) is 0 Å². The Kier molecular flexibility index (Phi) is 13.7. The van der Waals surface area contributed by atoms with E-state index in [0.717, 1.165) is 65.1 Å². The van der Waals surface area contributed by atoms with Crippen molar-refractivity contribution in [2.75, 3.05) is 40.4 Å². The van der Waals surface area contributed by atoms with Crippen LogP contribution in [0.1, 0.15) is 44.7 Å². The molecule has 0 radical (unpaired) electrons. The largest absolute Gasteiger partial charge is 0.496 e. The predicted octanol–water partition coefficient (Wildman–Crippen LogP) is 9.70. The minimum Gasteiger partial charge on any atom is -0.496 e. The van der Waals surface area contributed by atoms with Crippen LogP contribution in [-0.4, -0.2) is 114 Å². The summed E-state index contributed by atoms with van der Waals surface area (Å²) in [6, 6.07) is 22.3. The number of imidazole rings is 2. The maximum absolute atomic E-state index is 12.9. The Morgan fingerprint density at radius 1 is 0.623 bits per heavy atom. The van der Waals surface area contributed by atoms with E-state index in [2.05, 4.69) is 46.3 Å². The number of hydrogen-bond acceptors (Lipinski definition) is 10. The Balaban J connectivity index is 0.000000169. The molecule has 0 saturated heterocycles. The van der Waals surface area contributed by atoms with Gasteiger partial charge in [0.25, 0.3) is 11.8 Å². The first-order valence-corrected chi connectivity index (χ1v) is 22.0. The number of aromatic nitrogens is 8. The minimum absolute atomic E-state index is 0. The van der Waals surface area contributed by atoms with Crippen LogP contribution >= 0.6 is 15.9 Å². The van der Waals surface area contributed by atoms with E-state index in [0.29, 0.717) is 35.4 Å². The van der Waals surface area contributed by atoms with E-state index in [4.69, 9.17) is 9.47 Å². The molecule has 0 bridgehead atoms. The summed E-state index contributed by atoms with van der Waals surface area (Å²) < 4.78 is 91.0. The van der Waals surface area contributed by atoms with Gasteiger partial charge in [-0.05, 0) is 111 Å². The lowest BCUT2D eigenvalue weighted by molar-refractivity contribution is -0.141. The smallest absolute Gasteiger partial charge is 0.406 e.